The van der Waals surface area contributed by atoms with Crippen LogP contribution in [0.1, 0.15) is 25.3 Å². The van der Waals surface area contributed by atoms with Gasteiger partial charge < -0.3 is 20.9 Å². The molecule has 0 unspecified atom stereocenters. The number of benzene rings is 3. The second-order valence-corrected chi connectivity index (χ2v) is 9.01. The summed E-state index contributed by atoms with van der Waals surface area (Å²) in [5, 5.41) is 10.1. The fourth-order valence-corrected chi connectivity index (χ4v) is 4.20. The number of hydrogen-bond donors (Lipinski definition) is 3. The Balaban J connectivity index is 0.00000134. The maximum atomic E-state index is 13.0. The molecule has 0 saturated carbocycles. The largest absolute Gasteiger partial charge is 0.371 e. The topological polar surface area (TPSA) is 51.7 Å². The van der Waals surface area contributed by atoms with Crippen molar-refractivity contribution in [1.82, 2.24) is 5.32 Å². The third-order valence-electron chi connectivity index (χ3n) is 6.19. The lowest BCUT2D eigenvalue weighted by atomic mass is 10.0. The minimum absolute atomic E-state index is 0.254. The Bertz CT molecular complexity index is 1190. The van der Waals surface area contributed by atoms with E-state index in [0.717, 1.165) is 49.5 Å². The van der Waals surface area contributed by atoms with Gasteiger partial charge in [-0.25, -0.2) is 9.38 Å². The van der Waals surface area contributed by atoms with Crippen LogP contribution >= 0.6 is 0 Å². The van der Waals surface area contributed by atoms with Gasteiger partial charge in [-0.15, -0.1) is 26.3 Å². The van der Waals surface area contributed by atoms with Crippen LogP contribution in [0.5, 0.6) is 0 Å². The van der Waals surface area contributed by atoms with Crippen LogP contribution in [0.2, 0.25) is 0 Å². The summed E-state index contributed by atoms with van der Waals surface area (Å²) in [5.41, 5.74) is 5.23. The van der Waals surface area contributed by atoms with Crippen molar-refractivity contribution in [2.45, 2.75) is 32.4 Å². The van der Waals surface area contributed by atoms with Crippen molar-refractivity contribution in [2.24, 2.45) is 4.99 Å². The van der Waals surface area contributed by atoms with Gasteiger partial charge in [0, 0.05) is 54.6 Å². The van der Waals surface area contributed by atoms with Gasteiger partial charge in [-0.2, -0.15) is 0 Å². The van der Waals surface area contributed by atoms with E-state index in [-0.39, 0.29) is 5.82 Å². The maximum absolute atomic E-state index is 13.0. The first-order valence-corrected chi connectivity index (χ1v) is 13.4. The van der Waals surface area contributed by atoms with E-state index in [0.29, 0.717) is 11.9 Å². The normalized spacial score (nSPS) is 13.4. The highest BCUT2D eigenvalue weighted by Gasteiger charge is 2.19. The molecule has 0 atom stereocenters. The quantitative estimate of drug-likeness (QED) is 0.180. The summed E-state index contributed by atoms with van der Waals surface area (Å²) in [6.07, 6.45) is 5.81. The Labute approximate surface area is 239 Å². The number of rotatable bonds is 10. The molecule has 5 nitrogen and oxygen atoms in total. The van der Waals surface area contributed by atoms with Crippen LogP contribution in [0.4, 0.5) is 21.5 Å². The van der Waals surface area contributed by atoms with Crippen molar-refractivity contribution in [2.75, 3.05) is 28.6 Å². The summed E-state index contributed by atoms with van der Waals surface area (Å²) in [6.45, 7) is 20.9. The van der Waals surface area contributed by atoms with Gasteiger partial charge in [-0.05, 0) is 79.9 Å². The summed E-state index contributed by atoms with van der Waals surface area (Å²) in [5.74, 6) is 0.300. The first-order valence-electron chi connectivity index (χ1n) is 13.4. The highest BCUT2D eigenvalue weighted by atomic mass is 19.1. The lowest BCUT2D eigenvalue weighted by molar-refractivity contribution is 0.414. The highest BCUT2D eigenvalue weighted by molar-refractivity contribution is 5.74. The summed E-state index contributed by atoms with van der Waals surface area (Å²) < 4.78 is 13.0. The van der Waals surface area contributed by atoms with Crippen molar-refractivity contribution in [1.29, 1.82) is 0 Å². The van der Waals surface area contributed by atoms with Crippen molar-refractivity contribution in [3.8, 4) is 0 Å². The third-order valence-corrected chi connectivity index (χ3v) is 6.19. The van der Waals surface area contributed by atoms with Crippen LogP contribution in [-0.4, -0.2) is 25.3 Å². The molecule has 3 aromatic rings. The number of anilines is 3. The summed E-state index contributed by atoms with van der Waals surface area (Å²) >= 11 is 0. The van der Waals surface area contributed by atoms with Gasteiger partial charge in [0.05, 0.1) is 0 Å². The average molecular weight is 540 g/mol. The SMILES string of the molecule is C=C.C=C.C=C(/N=C\C=C(/C)Nc1ccc(F)cc1)Nc1ccc(N2CCC(NCc3ccccc3)CC2)cc1. The second kappa shape index (κ2) is 18.0. The molecule has 0 bridgehead atoms. The Kier molecular flexibility index (Phi) is 14.3. The van der Waals surface area contributed by atoms with Crippen molar-refractivity contribution in [3.05, 3.63) is 141 Å². The summed E-state index contributed by atoms with van der Waals surface area (Å²) in [4.78, 5) is 6.79. The minimum Gasteiger partial charge on any atom is -0.371 e. The smallest absolute Gasteiger partial charge is 0.123 e. The Hall–Kier alpha value is -4.42. The molecule has 0 amide bonds. The third kappa shape index (κ3) is 11.1. The monoisotopic (exact) mass is 539 g/mol. The zero-order chi connectivity index (χ0) is 29.2. The molecule has 0 spiro atoms. The zero-order valence-corrected chi connectivity index (χ0v) is 23.6. The molecular formula is C34H42FN5. The second-order valence-electron chi connectivity index (χ2n) is 9.01. The fraction of sp³-hybridized carbons (Fsp3) is 0.206. The lowest BCUT2D eigenvalue weighted by Gasteiger charge is -2.34. The van der Waals surface area contributed by atoms with E-state index in [4.69, 9.17) is 0 Å². The predicted octanol–water partition coefficient (Wildman–Crippen LogP) is 8.16. The molecule has 3 N–H and O–H groups in total. The van der Waals surface area contributed by atoms with E-state index in [2.05, 4.69) is 113 Å². The molecule has 0 radical (unpaired) electrons. The molecule has 4 rings (SSSR count). The van der Waals surface area contributed by atoms with E-state index in [9.17, 15) is 4.39 Å². The molecular weight excluding hydrogens is 497 g/mol. The molecule has 1 saturated heterocycles. The van der Waals surface area contributed by atoms with E-state index < -0.39 is 0 Å². The van der Waals surface area contributed by atoms with Gasteiger partial charge in [-0.1, -0.05) is 36.9 Å². The molecule has 1 fully saturated rings. The summed E-state index contributed by atoms with van der Waals surface area (Å²) in [7, 11) is 0. The van der Waals surface area contributed by atoms with E-state index in [1.807, 2.05) is 13.0 Å². The first-order chi connectivity index (χ1) is 19.5. The molecule has 1 aliphatic heterocycles. The number of hydrogen-bond acceptors (Lipinski definition) is 5. The highest BCUT2D eigenvalue weighted by Crippen LogP contribution is 2.23. The van der Waals surface area contributed by atoms with Crippen molar-refractivity contribution in [3.63, 3.8) is 0 Å². The van der Waals surface area contributed by atoms with E-state index >= 15 is 0 Å². The number of aliphatic imine (C=N–C) groups is 1. The molecule has 40 heavy (non-hydrogen) atoms. The standard InChI is InChI=1S/C30H34FN5.2C2H4/c1-23(34-28-10-8-26(31)9-11-28)16-19-32-24(2)35-29-12-14-30(15-13-29)36-20-17-27(18-21-36)33-22-25-6-4-3-5-7-25;2*1-2/h3-16,19,27,33-35H,2,17-18,20-22H2,1H3;2*1-2H2/b23-16+,32-19-;;. The number of nitrogens with zero attached hydrogens (tertiary/aromatic N) is 2. The molecule has 1 heterocycles. The van der Waals surface area contributed by atoms with Gasteiger partial charge in [0.1, 0.15) is 11.6 Å². The Morgan fingerprint density at radius 3 is 2.08 bits per heavy atom. The molecule has 6 heteroatoms. The van der Waals surface area contributed by atoms with Crippen LogP contribution in [0.3, 0.4) is 0 Å². The number of allylic oxidation sites excluding steroid dienone is 2. The van der Waals surface area contributed by atoms with Crippen LogP contribution in [-0.2, 0) is 6.54 Å². The molecule has 0 aromatic heterocycles. The number of piperidine rings is 1. The Morgan fingerprint density at radius 1 is 0.875 bits per heavy atom. The van der Waals surface area contributed by atoms with E-state index in [1.54, 1.807) is 18.3 Å². The first kappa shape index (κ1) is 31.8. The Morgan fingerprint density at radius 2 is 1.45 bits per heavy atom. The summed E-state index contributed by atoms with van der Waals surface area (Å²) in [6, 6.07) is 25.8. The average Bonchev–Trinajstić information content (AvgIpc) is 3.00. The molecule has 0 aliphatic carbocycles. The predicted molar refractivity (Wildman–Crippen MR) is 173 cm³/mol. The van der Waals surface area contributed by atoms with Gasteiger partial charge in [-0.3, -0.25) is 0 Å². The molecule has 3 aromatic carbocycles. The fourth-order valence-electron chi connectivity index (χ4n) is 4.20. The van der Waals surface area contributed by atoms with Crippen LogP contribution < -0.4 is 20.9 Å². The molecule has 210 valence electrons. The van der Waals surface area contributed by atoms with Gasteiger partial charge in [0.15, 0.2) is 0 Å². The zero-order valence-electron chi connectivity index (χ0n) is 23.6. The maximum Gasteiger partial charge on any atom is 0.123 e. The van der Waals surface area contributed by atoms with Crippen LogP contribution in [0, 0.1) is 5.82 Å². The van der Waals surface area contributed by atoms with Crippen molar-refractivity contribution < 1.29 is 4.39 Å². The number of nitrogens with one attached hydrogen (secondary N) is 3. The van der Waals surface area contributed by atoms with Gasteiger partial charge in [0.2, 0.25) is 0 Å². The van der Waals surface area contributed by atoms with Crippen LogP contribution in [0.25, 0.3) is 0 Å². The van der Waals surface area contributed by atoms with Crippen molar-refractivity contribution >= 4 is 23.3 Å². The van der Waals surface area contributed by atoms with Crippen LogP contribution in [0.15, 0.2) is 134 Å². The molecule has 1 aliphatic rings. The lowest BCUT2D eigenvalue weighted by Crippen LogP contribution is -2.42. The minimum atomic E-state index is -0.254. The van der Waals surface area contributed by atoms with Gasteiger partial charge in [0.25, 0.3) is 0 Å². The van der Waals surface area contributed by atoms with Gasteiger partial charge >= 0.3 is 0 Å². The van der Waals surface area contributed by atoms with E-state index in [1.165, 1.54) is 23.4 Å². The number of halogens is 1.